The van der Waals surface area contributed by atoms with Gasteiger partial charge in [-0.05, 0) is 11.1 Å². The van der Waals surface area contributed by atoms with Crippen molar-refractivity contribution in [3.63, 3.8) is 0 Å². The number of carbonyl (C=O) groups excluding carboxylic acids is 2. The lowest BCUT2D eigenvalue weighted by molar-refractivity contribution is -0.145. The number of benzene rings is 1. The summed E-state index contributed by atoms with van der Waals surface area (Å²) < 4.78 is 9.40. The fourth-order valence-corrected chi connectivity index (χ4v) is 2.01. The molecule has 0 aliphatic carbocycles. The van der Waals surface area contributed by atoms with Crippen LogP contribution in [0.2, 0.25) is 0 Å². The zero-order chi connectivity index (χ0) is 12.4. The van der Waals surface area contributed by atoms with Gasteiger partial charge in [-0.1, -0.05) is 24.3 Å². The van der Waals surface area contributed by atoms with Gasteiger partial charge in [0.05, 0.1) is 14.2 Å². The minimum absolute atomic E-state index is 0.413. The lowest BCUT2D eigenvalue weighted by Gasteiger charge is -2.11. The topological polar surface area (TPSA) is 64.6 Å². The first-order chi connectivity index (χ1) is 8.19. The quantitative estimate of drug-likeness (QED) is 0.765. The number of carbonyl (C=O) groups is 2. The van der Waals surface area contributed by atoms with Gasteiger partial charge in [-0.15, -0.1) is 0 Å². The van der Waals surface area contributed by atoms with E-state index in [0.717, 1.165) is 11.1 Å². The lowest BCUT2D eigenvalue weighted by atomic mass is 10.0. The van der Waals surface area contributed by atoms with E-state index in [9.17, 15) is 9.59 Å². The lowest BCUT2D eigenvalue weighted by Crippen LogP contribution is -2.30. The molecular formula is C12H13NO4. The first kappa shape index (κ1) is 11.6. The zero-order valence-corrected chi connectivity index (χ0v) is 9.60. The molecule has 0 radical (unpaired) electrons. The Morgan fingerprint density at radius 3 is 1.76 bits per heavy atom. The smallest absolute Gasteiger partial charge is 0.327 e. The van der Waals surface area contributed by atoms with Crippen LogP contribution in [0.5, 0.6) is 0 Å². The van der Waals surface area contributed by atoms with Crippen molar-refractivity contribution >= 4 is 11.9 Å². The molecule has 90 valence electrons. The van der Waals surface area contributed by atoms with Crippen molar-refractivity contribution in [3.8, 4) is 0 Å². The third-order valence-electron chi connectivity index (χ3n) is 2.83. The van der Waals surface area contributed by atoms with Gasteiger partial charge in [-0.2, -0.15) is 0 Å². The van der Waals surface area contributed by atoms with Crippen molar-refractivity contribution in [2.75, 3.05) is 14.2 Å². The van der Waals surface area contributed by atoms with Gasteiger partial charge in [-0.25, -0.2) is 9.59 Å². The van der Waals surface area contributed by atoms with Gasteiger partial charge in [0.25, 0.3) is 0 Å². The van der Waals surface area contributed by atoms with Crippen molar-refractivity contribution in [2.24, 2.45) is 0 Å². The SMILES string of the molecule is COC(=O)[C@H]1N[C@@H](C(=O)OC)c2ccccc21. The van der Waals surface area contributed by atoms with Gasteiger partial charge in [0, 0.05) is 0 Å². The predicted molar refractivity (Wildman–Crippen MR) is 59.1 cm³/mol. The summed E-state index contributed by atoms with van der Waals surface area (Å²) in [7, 11) is 2.64. The molecule has 0 spiro atoms. The normalized spacial score (nSPS) is 21.8. The van der Waals surface area contributed by atoms with Crippen molar-refractivity contribution < 1.29 is 19.1 Å². The monoisotopic (exact) mass is 235 g/mol. The molecule has 1 heterocycles. The second kappa shape index (κ2) is 4.55. The molecule has 1 N–H and O–H groups in total. The Morgan fingerprint density at radius 2 is 1.41 bits per heavy atom. The number of methoxy groups -OCH3 is 2. The molecular weight excluding hydrogens is 222 g/mol. The molecule has 1 aliphatic heterocycles. The van der Waals surface area contributed by atoms with Gasteiger partial charge in [0.2, 0.25) is 0 Å². The van der Waals surface area contributed by atoms with E-state index in [2.05, 4.69) is 5.32 Å². The molecule has 1 aromatic rings. The van der Waals surface area contributed by atoms with Gasteiger partial charge in [-0.3, -0.25) is 5.32 Å². The first-order valence-electron chi connectivity index (χ1n) is 5.19. The van der Waals surface area contributed by atoms with Crippen molar-refractivity contribution in [1.82, 2.24) is 5.32 Å². The molecule has 0 unspecified atom stereocenters. The van der Waals surface area contributed by atoms with Crippen LogP contribution in [0.1, 0.15) is 23.2 Å². The van der Waals surface area contributed by atoms with Crippen LogP contribution in [0, 0.1) is 0 Å². The van der Waals surface area contributed by atoms with Gasteiger partial charge in [0.15, 0.2) is 0 Å². The zero-order valence-electron chi connectivity index (χ0n) is 9.60. The number of rotatable bonds is 2. The van der Waals surface area contributed by atoms with Crippen LogP contribution in [-0.4, -0.2) is 26.2 Å². The number of hydrogen-bond acceptors (Lipinski definition) is 5. The summed E-state index contributed by atoms with van der Waals surface area (Å²) in [6.45, 7) is 0. The molecule has 5 heteroatoms. The Hall–Kier alpha value is -1.88. The molecule has 2 atom stereocenters. The van der Waals surface area contributed by atoms with Crippen molar-refractivity contribution in [2.45, 2.75) is 12.1 Å². The van der Waals surface area contributed by atoms with Crippen LogP contribution in [0.4, 0.5) is 0 Å². The minimum atomic E-state index is -0.611. The second-order valence-electron chi connectivity index (χ2n) is 3.71. The maximum absolute atomic E-state index is 11.6. The van der Waals surface area contributed by atoms with E-state index in [1.165, 1.54) is 14.2 Å². The largest absolute Gasteiger partial charge is 0.468 e. The number of fused-ring (bicyclic) bond motifs is 1. The number of ether oxygens (including phenoxy) is 2. The average Bonchev–Trinajstić information content (AvgIpc) is 2.76. The highest BCUT2D eigenvalue weighted by Crippen LogP contribution is 2.34. The number of nitrogens with one attached hydrogen (secondary N) is 1. The number of esters is 2. The molecule has 0 amide bonds. The summed E-state index contributed by atoms with van der Waals surface area (Å²) in [4.78, 5) is 23.2. The third kappa shape index (κ3) is 1.89. The molecule has 5 nitrogen and oxygen atoms in total. The predicted octanol–water partition coefficient (Wildman–Crippen LogP) is 0.718. The molecule has 0 saturated heterocycles. The fraction of sp³-hybridized carbons (Fsp3) is 0.333. The van der Waals surface area contributed by atoms with Crippen LogP contribution in [0.15, 0.2) is 24.3 Å². The van der Waals surface area contributed by atoms with E-state index < -0.39 is 24.0 Å². The van der Waals surface area contributed by atoms with Crippen molar-refractivity contribution in [1.29, 1.82) is 0 Å². The summed E-state index contributed by atoms with van der Waals surface area (Å²) in [5.41, 5.74) is 1.52. The highest BCUT2D eigenvalue weighted by Gasteiger charge is 2.39. The Morgan fingerprint density at radius 1 is 1.00 bits per heavy atom. The van der Waals surface area contributed by atoms with Crippen LogP contribution in [0.3, 0.4) is 0 Å². The van der Waals surface area contributed by atoms with Crippen LogP contribution < -0.4 is 5.32 Å². The first-order valence-corrected chi connectivity index (χ1v) is 5.19. The molecule has 0 aromatic heterocycles. The summed E-state index contributed by atoms with van der Waals surface area (Å²) in [5, 5.41) is 2.91. The summed E-state index contributed by atoms with van der Waals surface area (Å²) >= 11 is 0. The van der Waals surface area contributed by atoms with Crippen LogP contribution in [0.25, 0.3) is 0 Å². The van der Waals surface area contributed by atoms with Gasteiger partial charge in [0.1, 0.15) is 12.1 Å². The van der Waals surface area contributed by atoms with Gasteiger partial charge < -0.3 is 9.47 Å². The molecule has 1 aliphatic rings. The fourth-order valence-electron chi connectivity index (χ4n) is 2.01. The van der Waals surface area contributed by atoms with E-state index in [4.69, 9.17) is 9.47 Å². The number of hydrogen-bond donors (Lipinski definition) is 1. The molecule has 0 saturated carbocycles. The molecule has 17 heavy (non-hydrogen) atoms. The van der Waals surface area contributed by atoms with Gasteiger partial charge >= 0.3 is 11.9 Å². The van der Waals surface area contributed by atoms with Crippen molar-refractivity contribution in [3.05, 3.63) is 35.4 Å². The standard InChI is InChI=1S/C12H13NO4/c1-16-11(14)9-7-5-3-4-6-8(7)10(13-9)12(15)17-2/h3-6,9-10,13H,1-2H3/t9-,10+. The van der Waals surface area contributed by atoms with Crippen LogP contribution in [-0.2, 0) is 19.1 Å². The van der Waals surface area contributed by atoms with E-state index in [1.54, 1.807) is 12.1 Å². The second-order valence-corrected chi connectivity index (χ2v) is 3.71. The average molecular weight is 235 g/mol. The maximum Gasteiger partial charge on any atom is 0.327 e. The third-order valence-corrected chi connectivity index (χ3v) is 2.83. The summed E-state index contributed by atoms with van der Waals surface area (Å²) in [5.74, 6) is -0.826. The van der Waals surface area contributed by atoms with E-state index in [-0.39, 0.29) is 0 Å². The molecule has 0 bridgehead atoms. The Labute approximate surface area is 98.7 Å². The highest BCUT2D eigenvalue weighted by atomic mass is 16.5. The Kier molecular flexibility index (Phi) is 3.10. The van der Waals surface area contributed by atoms with Crippen LogP contribution >= 0.6 is 0 Å². The Balaban J connectivity index is 2.39. The van der Waals surface area contributed by atoms with E-state index in [1.807, 2.05) is 12.1 Å². The summed E-state index contributed by atoms with van der Waals surface area (Å²) in [6, 6.07) is 6.01. The maximum atomic E-state index is 11.6. The molecule has 1 aromatic carbocycles. The molecule has 0 fully saturated rings. The highest BCUT2D eigenvalue weighted by molar-refractivity contribution is 5.85. The minimum Gasteiger partial charge on any atom is -0.468 e. The van der Waals surface area contributed by atoms with E-state index >= 15 is 0 Å². The van der Waals surface area contributed by atoms with E-state index in [0.29, 0.717) is 0 Å². The summed E-state index contributed by atoms with van der Waals surface area (Å²) in [6.07, 6.45) is 0. The Bertz CT molecular complexity index is 417. The molecule has 2 rings (SSSR count).